The third-order valence-electron chi connectivity index (χ3n) is 10.9. The number of amides is 3. The second-order valence-electron chi connectivity index (χ2n) is 14.1. The lowest BCUT2D eigenvalue weighted by Crippen LogP contribution is -2.76. The Bertz CT molecular complexity index is 2020. The van der Waals surface area contributed by atoms with E-state index in [-0.39, 0.29) is 45.2 Å². The zero-order chi connectivity index (χ0) is 35.5. The quantitative estimate of drug-likeness (QED) is 0.369. The van der Waals surface area contributed by atoms with Gasteiger partial charge in [0.05, 0.1) is 53.6 Å². The van der Waals surface area contributed by atoms with Gasteiger partial charge in [-0.25, -0.2) is 22.6 Å². The number of urea groups is 1. The SMILES string of the molecule is CCOc1ncccc1[C@]1(NC(=O)N2CC3(C2)CN(C2CCN(C4COC4)CC2)C3)C(=O)N(S(=O)(=O)c2ccc(F)cc2)c2ccc(C#N)cc21. The molecule has 4 saturated heterocycles. The summed E-state index contributed by atoms with van der Waals surface area (Å²) in [6, 6.07) is 14.0. The smallest absolute Gasteiger partial charge is 0.318 e. The molecule has 0 radical (unpaired) electrons. The molecule has 13 nitrogen and oxygen atoms in total. The molecule has 0 aliphatic carbocycles. The molecule has 0 saturated carbocycles. The predicted molar refractivity (Wildman–Crippen MR) is 182 cm³/mol. The van der Waals surface area contributed by atoms with Gasteiger partial charge in [0.15, 0.2) is 5.54 Å². The van der Waals surface area contributed by atoms with Crippen LogP contribution in [0.1, 0.15) is 36.5 Å². The number of aromatic nitrogens is 1. The number of piperidine rings is 1. The van der Waals surface area contributed by atoms with Crippen molar-refractivity contribution in [3.8, 4) is 11.9 Å². The Kier molecular flexibility index (Phi) is 8.25. The van der Waals surface area contributed by atoms with E-state index in [1.165, 1.54) is 24.4 Å². The molecule has 3 amide bonds. The number of rotatable bonds is 8. The normalized spacial score (nSPS) is 23.6. The molecular weight excluding hydrogens is 678 g/mol. The van der Waals surface area contributed by atoms with Crippen molar-refractivity contribution < 1.29 is 31.9 Å². The number of halogens is 1. The van der Waals surface area contributed by atoms with Crippen LogP contribution in [-0.2, 0) is 25.1 Å². The summed E-state index contributed by atoms with van der Waals surface area (Å²) in [7, 11) is -4.63. The summed E-state index contributed by atoms with van der Waals surface area (Å²) in [6.45, 7) is 8.40. The Hall–Kier alpha value is -4.62. The molecule has 1 aromatic heterocycles. The molecule has 6 heterocycles. The second kappa shape index (κ2) is 12.6. The molecule has 1 spiro atoms. The Labute approximate surface area is 295 Å². The lowest BCUT2D eigenvalue weighted by Gasteiger charge is -2.62. The zero-order valence-electron chi connectivity index (χ0n) is 28.1. The third-order valence-corrected chi connectivity index (χ3v) is 12.6. The van der Waals surface area contributed by atoms with Crippen LogP contribution in [0.4, 0.5) is 14.9 Å². The van der Waals surface area contributed by atoms with E-state index in [0.717, 1.165) is 76.5 Å². The lowest BCUT2D eigenvalue weighted by atomic mass is 9.71. The summed E-state index contributed by atoms with van der Waals surface area (Å²) in [5.41, 5.74) is -1.91. The number of likely N-dealkylation sites (tertiary alicyclic amines) is 3. The average molecular weight is 716 g/mol. The Morgan fingerprint density at radius 1 is 1.04 bits per heavy atom. The number of anilines is 1. The number of benzene rings is 2. The highest BCUT2D eigenvalue weighted by molar-refractivity contribution is 7.93. The van der Waals surface area contributed by atoms with Crippen LogP contribution >= 0.6 is 0 Å². The van der Waals surface area contributed by atoms with Crippen molar-refractivity contribution >= 4 is 27.6 Å². The molecule has 1 N–H and O–H groups in total. The number of fused-ring (bicyclic) bond motifs is 1. The Balaban J connectivity index is 1.09. The zero-order valence-corrected chi connectivity index (χ0v) is 28.9. The van der Waals surface area contributed by atoms with Gasteiger partial charge in [0.25, 0.3) is 15.9 Å². The van der Waals surface area contributed by atoms with E-state index < -0.39 is 33.3 Å². The van der Waals surface area contributed by atoms with Gasteiger partial charge in [-0.3, -0.25) is 14.6 Å². The van der Waals surface area contributed by atoms with Gasteiger partial charge in [0, 0.05) is 62.5 Å². The number of ether oxygens (including phenoxy) is 2. The van der Waals surface area contributed by atoms with Crippen LogP contribution in [-0.4, -0.2) is 111 Å². The van der Waals surface area contributed by atoms with Crippen molar-refractivity contribution in [2.75, 3.05) is 63.4 Å². The van der Waals surface area contributed by atoms with Crippen molar-refractivity contribution in [1.82, 2.24) is 25.0 Å². The number of nitrogens with one attached hydrogen (secondary N) is 1. The molecule has 0 unspecified atom stereocenters. The van der Waals surface area contributed by atoms with E-state index in [2.05, 4.69) is 26.2 Å². The molecular formula is C36H38FN7O6S. The predicted octanol–water partition coefficient (Wildman–Crippen LogP) is 2.66. The van der Waals surface area contributed by atoms with E-state index in [1.54, 1.807) is 24.0 Å². The first-order valence-corrected chi connectivity index (χ1v) is 18.6. The summed E-state index contributed by atoms with van der Waals surface area (Å²) < 4.78 is 54.0. The molecule has 1 atom stereocenters. The van der Waals surface area contributed by atoms with Crippen LogP contribution in [0.15, 0.2) is 65.7 Å². The van der Waals surface area contributed by atoms with Gasteiger partial charge in [-0.2, -0.15) is 9.57 Å². The second-order valence-corrected chi connectivity index (χ2v) is 15.8. The molecule has 51 heavy (non-hydrogen) atoms. The maximum absolute atomic E-state index is 14.9. The van der Waals surface area contributed by atoms with Gasteiger partial charge in [0.2, 0.25) is 5.88 Å². The van der Waals surface area contributed by atoms with Gasteiger partial charge in [-0.05, 0) is 74.4 Å². The maximum atomic E-state index is 14.9. The van der Waals surface area contributed by atoms with Crippen molar-refractivity contribution in [3.05, 3.63) is 83.3 Å². The van der Waals surface area contributed by atoms with Gasteiger partial charge in [0.1, 0.15) is 5.82 Å². The van der Waals surface area contributed by atoms with Crippen LogP contribution in [0.5, 0.6) is 5.88 Å². The fourth-order valence-electron chi connectivity index (χ4n) is 8.26. The van der Waals surface area contributed by atoms with Crippen LogP contribution in [0.3, 0.4) is 0 Å². The molecule has 8 rings (SSSR count). The van der Waals surface area contributed by atoms with E-state index >= 15 is 0 Å². The summed E-state index contributed by atoms with van der Waals surface area (Å²) in [4.78, 5) is 39.9. The molecule has 3 aromatic rings. The van der Waals surface area contributed by atoms with Gasteiger partial charge in [-0.15, -0.1) is 0 Å². The molecule has 266 valence electrons. The molecule has 15 heteroatoms. The Morgan fingerprint density at radius 3 is 2.41 bits per heavy atom. The number of nitrogens with zero attached hydrogens (tertiary/aromatic N) is 6. The summed E-state index contributed by atoms with van der Waals surface area (Å²) in [5.74, 6) is -1.64. The van der Waals surface area contributed by atoms with Crippen LogP contribution < -0.4 is 14.4 Å². The van der Waals surface area contributed by atoms with Crippen molar-refractivity contribution in [2.24, 2.45) is 5.41 Å². The molecule has 5 aliphatic heterocycles. The molecule has 5 aliphatic rings. The molecule has 0 bridgehead atoms. The third kappa shape index (κ3) is 5.43. The van der Waals surface area contributed by atoms with E-state index in [9.17, 15) is 27.7 Å². The number of pyridine rings is 1. The molecule has 2 aromatic carbocycles. The van der Waals surface area contributed by atoms with Crippen LogP contribution in [0, 0.1) is 22.6 Å². The van der Waals surface area contributed by atoms with Crippen LogP contribution in [0.25, 0.3) is 0 Å². The first-order valence-electron chi connectivity index (χ1n) is 17.2. The fourth-order valence-corrected chi connectivity index (χ4v) is 9.72. The molecule has 4 fully saturated rings. The van der Waals surface area contributed by atoms with Gasteiger partial charge >= 0.3 is 6.03 Å². The minimum atomic E-state index is -4.63. The minimum absolute atomic E-state index is 0.0218. The van der Waals surface area contributed by atoms with Crippen molar-refractivity contribution in [1.29, 1.82) is 5.26 Å². The first-order chi connectivity index (χ1) is 24.6. The van der Waals surface area contributed by atoms with Crippen LogP contribution in [0.2, 0.25) is 0 Å². The lowest BCUT2D eigenvalue weighted by molar-refractivity contribution is -0.129. The Morgan fingerprint density at radius 2 is 1.76 bits per heavy atom. The van der Waals surface area contributed by atoms with Gasteiger partial charge in [-0.1, -0.05) is 0 Å². The summed E-state index contributed by atoms with van der Waals surface area (Å²) >= 11 is 0. The highest BCUT2D eigenvalue weighted by Gasteiger charge is 2.61. The highest BCUT2D eigenvalue weighted by atomic mass is 32.2. The van der Waals surface area contributed by atoms with Crippen molar-refractivity contribution in [3.63, 3.8) is 0 Å². The van der Waals surface area contributed by atoms with Crippen molar-refractivity contribution in [2.45, 2.75) is 42.3 Å². The number of sulfonamides is 1. The average Bonchev–Trinajstić information content (AvgIpc) is 3.31. The number of hydrogen-bond donors (Lipinski definition) is 1. The van der Waals surface area contributed by atoms with E-state index in [1.807, 2.05) is 0 Å². The number of carbonyl (C=O) groups excluding carboxylic acids is 2. The maximum Gasteiger partial charge on any atom is 0.318 e. The highest BCUT2D eigenvalue weighted by Crippen LogP contribution is 2.50. The number of nitriles is 1. The minimum Gasteiger partial charge on any atom is -0.478 e. The fraction of sp³-hybridized carbons (Fsp3) is 0.444. The van der Waals surface area contributed by atoms with Gasteiger partial charge < -0.3 is 19.7 Å². The number of carbonyl (C=O) groups is 2. The van der Waals surface area contributed by atoms with E-state index in [0.29, 0.717) is 29.5 Å². The summed E-state index contributed by atoms with van der Waals surface area (Å²) in [6.07, 6.45) is 3.68. The van der Waals surface area contributed by atoms with E-state index in [4.69, 9.17) is 9.47 Å². The summed E-state index contributed by atoms with van der Waals surface area (Å²) in [5, 5.41) is 12.8. The standard InChI is InChI=1S/C36H38FN7O6S/c1-2-50-32-29(4-3-13-39-32)36(30-16-24(17-38)5-10-31(30)44(33(36)45)51(47,48)28-8-6-25(37)7-9-28)40-34(46)43-22-35(23-43)20-42(21-35)26-11-14-41(15-12-26)27-18-49-19-27/h3-10,13,16,26-27H,2,11-12,14-15,18-23H2,1H3,(H,40,46)/t36-/m1/s1. The topological polar surface area (TPSA) is 148 Å². The monoisotopic (exact) mass is 715 g/mol. The number of hydrogen-bond acceptors (Lipinski definition) is 10. The first kappa shape index (κ1) is 33.5. The largest absolute Gasteiger partial charge is 0.478 e.